The van der Waals surface area contributed by atoms with E-state index in [1.807, 2.05) is 6.92 Å². The van der Waals surface area contributed by atoms with Crippen molar-refractivity contribution in [3.63, 3.8) is 0 Å². The van der Waals surface area contributed by atoms with Gasteiger partial charge in [-0.25, -0.2) is 9.18 Å². The molecule has 2 N–H and O–H groups in total. The largest absolute Gasteiger partial charge is 0.452 e. The SMILES string of the molecule is CCCNC(=O)CNC(=O)COC(=O)/C=C/c1ccccc1F. The third-order valence-corrected chi connectivity index (χ3v) is 2.67. The van der Waals surface area contributed by atoms with Gasteiger partial charge in [-0.1, -0.05) is 25.1 Å². The third-order valence-electron chi connectivity index (χ3n) is 2.67. The number of hydrogen-bond donors (Lipinski definition) is 2. The van der Waals surface area contributed by atoms with Gasteiger partial charge in [0.15, 0.2) is 6.61 Å². The van der Waals surface area contributed by atoms with Crippen molar-refractivity contribution in [3.05, 3.63) is 41.7 Å². The highest BCUT2D eigenvalue weighted by Crippen LogP contribution is 2.07. The zero-order chi connectivity index (χ0) is 17.1. The molecule has 0 heterocycles. The van der Waals surface area contributed by atoms with E-state index in [0.29, 0.717) is 6.54 Å². The molecule has 0 atom stereocenters. The fourth-order valence-electron chi connectivity index (χ4n) is 1.51. The highest BCUT2D eigenvalue weighted by Gasteiger charge is 2.07. The van der Waals surface area contributed by atoms with Crippen molar-refractivity contribution in [2.75, 3.05) is 19.7 Å². The zero-order valence-corrected chi connectivity index (χ0v) is 12.8. The van der Waals surface area contributed by atoms with Gasteiger partial charge in [-0.3, -0.25) is 9.59 Å². The van der Waals surface area contributed by atoms with Crippen molar-refractivity contribution in [2.24, 2.45) is 0 Å². The molecular weight excluding hydrogens is 303 g/mol. The number of amides is 2. The molecule has 0 aliphatic rings. The normalized spacial score (nSPS) is 10.3. The minimum absolute atomic E-state index is 0.179. The average Bonchev–Trinajstić information content (AvgIpc) is 2.55. The molecule has 0 aliphatic heterocycles. The van der Waals surface area contributed by atoms with Crippen LogP contribution < -0.4 is 10.6 Å². The average molecular weight is 322 g/mol. The second-order valence-corrected chi connectivity index (χ2v) is 4.59. The Labute approximate surface area is 133 Å². The highest BCUT2D eigenvalue weighted by molar-refractivity contribution is 5.90. The van der Waals surface area contributed by atoms with Crippen LogP contribution >= 0.6 is 0 Å². The molecule has 0 unspecified atom stereocenters. The Kier molecular flexibility index (Phi) is 8.06. The molecule has 0 saturated heterocycles. The van der Waals surface area contributed by atoms with Gasteiger partial charge >= 0.3 is 5.97 Å². The molecule has 23 heavy (non-hydrogen) atoms. The Morgan fingerprint density at radius 2 is 1.91 bits per heavy atom. The molecule has 0 fully saturated rings. The first-order valence-corrected chi connectivity index (χ1v) is 7.15. The molecule has 2 amide bonds. The topological polar surface area (TPSA) is 84.5 Å². The summed E-state index contributed by atoms with van der Waals surface area (Å²) < 4.78 is 18.0. The summed E-state index contributed by atoms with van der Waals surface area (Å²) in [5.74, 6) is -2.15. The minimum atomic E-state index is -0.779. The van der Waals surface area contributed by atoms with E-state index in [-0.39, 0.29) is 18.0 Å². The van der Waals surface area contributed by atoms with Crippen molar-refractivity contribution in [3.8, 4) is 0 Å². The molecule has 0 saturated carbocycles. The van der Waals surface area contributed by atoms with Crippen LogP contribution in [0.15, 0.2) is 30.3 Å². The molecule has 0 bridgehead atoms. The molecule has 0 radical (unpaired) electrons. The van der Waals surface area contributed by atoms with Crippen LogP contribution in [-0.4, -0.2) is 37.5 Å². The van der Waals surface area contributed by atoms with E-state index < -0.39 is 24.3 Å². The van der Waals surface area contributed by atoms with Crippen molar-refractivity contribution in [2.45, 2.75) is 13.3 Å². The highest BCUT2D eigenvalue weighted by atomic mass is 19.1. The molecular formula is C16H19FN2O4. The van der Waals surface area contributed by atoms with Crippen molar-refractivity contribution < 1.29 is 23.5 Å². The summed E-state index contributed by atoms with van der Waals surface area (Å²) in [7, 11) is 0. The van der Waals surface area contributed by atoms with Gasteiger partial charge in [-0.15, -0.1) is 0 Å². The summed E-state index contributed by atoms with van der Waals surface area (Å²) in [6, 6.07) is 5.93. The molecule has 0 aromatic heterocycles. The maximum atomic E-state index is 13.3. The van der Waals surface area contributed by atoms with Gasteiger partial charge in [0.25, 0.3) is 5.91 Å². The second kappa shape index (κ2) is 10.1. The Hall–Kier alpha value is -2.70. The predicted octanol–water partition coefficient (Wildman–Crippen LogP) is 1.02. The van der Waals surface area contributed by atoms with Crippen molar-refractivity contribution in [1.29, 1.82) is 0 Å². The molecule has 0 aliphatic carbocycles. The number of benzene rings is 1. The van der Waals surface area contributed by atoms with Crippen LogP contribution in [0.4, 0.5) is 4.39 Å². The van der Waals surface area contributed by atoms with Gasteiger partial charge in [-0.05, 0) is 18.6 Å². The van der Waals surface area contributed by atoms with Crippen LogP contribution in [0.2, 0.25) is 0 Å². The van der Waals surface area contributed by atoms with E-state index in [0.717, 1.165) is 12.5 Å². The van der Waals surface area contributed by atoms with Crippen molar-refractivity contribution >= 4 is 23.9 Å². The van der Waals surface area contributed by atoms with E-state index in [9.17, 15) is 18.8 Å². The van der Waals surface area contributed by atoms with Crippen LogP contribution in [0.25, 0.3) is 6.08 Å². The lowest BCUT2D eigenvalue weighted by Crippen LogP contribution is -2.38. The fourth-order valence-corrected chi connectivity index (χ4v) is 1.51. The molecule has 1 aromatic rings. The van der Waals surface area contributed by atoms with Crippen LogP contribution in [0.5, 0.6) is 0 Å². The summed E-state index contributed by atoms with van der Waals surface area (Å²) in [5.41, 5.74) is 0.237. The first kappa shape index (κ1) is 18.3. The van der Waals surface area contributed by atoms with Crippen LogP contribution in [0.1, 0.15) is 18.9 Å². The summed E-state index contributed by atoms with van der Waals surface area (Å²) >= 11 is 0. The van der Waals surface area contributed by atoms with E-state index >= 15 is 0 Å². The lowest BCUT2D eigenvalue weighted by atomic mass is 10.2. The van der Waals surface area contributed by atoms with Gasteiger partial charge in [-0.2, -0.15) is 0 Å². The minimum Gasteiger partial charge on any atom is -0.452 e. The van der Waals surface area contributed by atoms with Gasteiger partial charge in [0, 0.05) is 18.2 Å². The van der Waals surface area contributed by atoms with E-state index in [2.05, 4.69) is 15.4 Å². The smallest absolute Gasteiger partial charge is 0.331 e. The molecule has 0 spiro atoms. The molecule has 1 rings (SSSR count). The first-order chi connectivity index (χ1) is 11.0. The Bertz CT molecular complexity index is 587. The maximum absolute atomic E-state index is 13.3. The number of hydrogen-bond acceptors (Lipinski definition) is 4. The standard InChI is InChI=1S/C16H19FN2O4/c1-2-9-18-14(20)10-19-15(21)11-23-16(22)8-7-12-5-3-4-6-13(12)17/h3-8H,2,9-11H2,1H3,(H,18,20)(H,19,21)/b8-7+. The quantitative estimate of drug-likeness (QED) is 0.553. The number of ether oxygens (including phenoxy) is 1. The fraction of sp³-hybridized carbons (Fsp3) is 0.312. The van der Waals surface area contributed by atoms with E-state index in [1.165, 1.54) is 24.3 Å². The van der Waals surface area contributed by atoms with E-state index in [1.54, 1.807) is 6.07 Å². The van der Waals surface area contributed by atoms with Gasteiger partial charge in [0.05, 0.1) is 6.54 Å². The zero-order valence-electron chi connectivity index (χ0n) is 12.8. The van der Waals surface area contributed by atoms with Gasteiger partial charge in [0.2, 0.25) is 5.91 Å². The third kappa shape index (κ3) is 7.75. The summed E-state index contributed by atoms with van der Waals surface area (Å²) in [6.07, 6.45) is 3.08. The predicted molar refractivity (Wildman–Crippen MR) is 82.7 cm³/mol. The lowest BCUT2D eigenvalue weighted by molar-refractivity contribution is -0.143. The van der Waals surface area contributed by atoms with Crippen molar-refractivity contribution in [1.82, 2.24) is 10.6 Å². The van der Waals surface area contributed by atoms with Crippen LogP contribution in [0, 0.1) is 5.82 Å². The Morgan fingerprint density at radius 3 is 2.61 bits per heavy atom. The number of carbonyl (C=O) groups excluding carboxylic acids is 3. The number of rotatable bonds is 8. The molecule has 7 heteroatoms. The second-order valence-electron chi connectivity index (χ2n) is 4.59. The maximum Gasteiger partial charge on any atom is 0.331 e. The van der Waals surface area contributed by atoms with Gasteiger partial charge < -0.3 is 15.4 Å². The number of nitrogens with one attached hydrogen (secondary N) is 2. The number of esters is 1. The number of carbonyl (C=O) groups is 3. The Balaban J connectivity index is 2.29. The van der Waals surface area contributed by atoms with Gasteiger partial charge in [0.1, 0.15) is 5.82 Å². The molecule has 6 nitrogen and oxygen atoms in total. The summed E-state index contributed by atoms with van der Waals surface area (Å²) in [6.45, 7) is 1.75. The molecule has 124 valence electrons. The van der Waals surface area contributed by atoms with E-state index in [4.69, 9.17) is 0 Å². The first-order valence-electron chi connectivity index (χ1n) is 7.15. The van der Waals surface area contributed by atoms with Crippen LogP contribution in [-0.2, 0) is 19.1 Å². The lowest BCUT2D eigenvalue weighted by Gasteiger charge is -2.06. The monoisotopic (exact) mass is 322 g/mol. The number of halogens is 1. The Morgan fingerprint density at radius 1 is 1.17 bits per heavy atom. The summed E-state index contributed by atoms with van der Waals surface area (Å²) in [4.78, 5) is 34.1. The molecule has 1 aromatic carbocycles. The summed E-state index contributed by atoms with van der Waals surface area (Å²) in [5, 5.41) is 4.91. The van der Waals surface area contributed by atoms with Crippen LogP contribution in [0.3, 0.4) is 0 Å².